The molecule has 1 aliphatic heterocycles. The first kappa shape index (κ1) is 26.4. The molecule has 2 rings (SSSR count). The molecule has 0 radical (unpaired) electrons. The molecule has 1 aromatic rings. The van der Waals surface area contributed by atoms with Crippen molar-refractivity contribution in [1.82, 2.24) is 15.1 Å². The quantitative estimate of drug-likeness (QED) is 0.441. The average Bonchev–Trinajstić information content (AvgIpc) is 2.75. The Kier molecular flexibility index (Phi) is 15.4. The number of hydrogen-bond acceptors (Lipinski definition) is 6. The third kappa shape index (κ3) is 10.1. The van der Waals surface area contributed by atoms with Gasteiger partial charge in [-0.15, -0.1) is 0 Å². The van der Waals surface area contributed by atoms with Crippen LogP contribution in [0.15, 0.2) is 24.3 Å². The van der Waals surface area contributed by atoms with E-state index < -0.39 is 7.12 Å². The van der Waals surface area contributed by atoms with Gasteiger partial charge in [-0.05, 0) is 31.1 Å². The third-order valence-corrected chi connectivity index (χ3v) is 4.12. The van der Waals surface area contributed by atoms with Gasteiger partial charge in [-0.3, -0.25) is 9.69 Å². The van der Waals surface area contributed by atoms with Crippen molar-refractivity contribution in [2.45, 2.75) is 34.1 Å². The lowest BCUT2D eigenvalue weighted by atomic mass is 9.80. The number of rotatable bonds is 8. The largest absolute Gasteiger partial charge is 0.494 e. The Labute approximate surface area is 170 Å². The summed E-state index contributed by atoms with van der Waals surface area (Å²) in [6.45, 7) is 13.3. The molecule has 28 heavy (non-hydrogen) atoms. The van der Waals surface area contributed by atoms with E-state index in [9.17, 15) is 4.79 Å². The van der Waals surface area contributed by atoms with Crippen molar-refractivity contribution in [2.24, 2.45) is 0 Å². The summed E-state index contributed by atoms with van der Waals surface area (Å²) in [5.41, 5.74) is 0.452. The zero-order chi connectivity index (χ0) is 21.4. The van der Waals surface area contributed by atoms with Crippen LogP contribution in [-0.4, -0.2) is 85.8 Å². The molecule has 160 valence electrons. The first-order valence-corrected chi connectivity index (χ1v) is 10.3. The Hall–Kier alpha value is -1.61. The summed E-state index contributed by atoms with van der Waals surface area (Å²) in [7, 11) is 0.339. The van der Waals surface area contributed by atoms with Crippen molar-refractivity contribution in [1.29, 1.82) is 0 Å². The number of nitrogens with zero attached hydrogens (tertiary/aromatic N) is 2. The lowest BCUT2D eigenvalue weighted by Crippen LogP contribution is -2.50. The first-order chi connectivity index (χ1) is 13.6. The Balaban J connectivity index is 0.00000171. The minimum Gasteiger partial charge on any atom is -0.494 e. The SMILES string of the molecule is CC.CC.CNCC(=O)N1CCN(CCCOc2ccc(B(O)O)cc2)CC1. The van der Waals surface area contributed by atoms with Crippen molar-refractivity contribution in [3.8, 4) is 5.75 Å². The number of hydrogen-bond donors (Lipinski definition) is 3. The van der Waals surface area contributed by atoms with E-state index in [0.717, 1.165) is 44.9 Å². The lowest BCUT2D eigenvalue weighted by molar-refractivity contribution is -0.131. The number of benzene rings is 1. The van der Waals surface area contributed by atoms with Crippen molar-refractivity contribution in [3.05, 3.63) is 24.3 Å². The third-order valence-electron chi connectivity index (χ3n) is 4.12. The molecule has 1 amide bonds. The highest BCUT2D eigenvalue weighted by molar-refractivity contribution is 6.58. The number of carbonyl (C=O) groups is 1. The van der Waals surface area contributed by atoms with Gasteiger partial charge in [0.25, 0.3) is 0 Å². The molecule has 0 bridgehead atoms. The van der Waals surface area contributed by atoms with Crippen LogP contribution in [0.5, 0.6) is 5.75 Å². The van der Waals surface area contributed by atoms with Gasteiger partial charge in [0.1, 0.15) is 5.75 Å². The molecule has 3 N–H and O–H groups in total. The summed E-state index contributed by atoms with van der Waals surface area (Å²) in [6.07, 6.45) is 0.912. The molecule has 1 saturated heterocycles. The van der Waals surface area contributed by atoms with Crippen molar-refractivity contribution >= 4 is 18.5 Å². The Morgan fingerprint density at radius 2 is 1.64 bits per heavy atom. The van der Waals surface area contributed by atoms with E-state index in [0.29, 0.717) is 18.6 Å². The minimum absolute atomic E-state index is 0.164. The Morgan fingerprint density at radius 1 is 1.07 bits per heavy atom. The van der Waals surface area contributed by atoms with E-state index in [4.69, 9.17) is 14.8 Å². The van der Waals surface area contributed by atoms with Gasteiger partial charge in [0.15, 0.2) is 0 Å². The molecule has 1 aromatic carbocycles. The smallest absolute Gasteiger partial charge is 0.488 e. The molecule has 0 atom stereocenters. The zero-order valence-corrected chi connectivity index (χ0v) is 18.1. The second kappa shape index (κ2) is 16.4. The fourth-order valence-corrected chi connectivity index (χ4v) is 2.70. The summed E-state index contributed by atoms with van der Waals surface area (Å²) < 4.78 is 5.66. The molecule has 1 fully saturated rings. The van der Waals surface area contributed by atoms with Gasteiger partial charge in [-0.1, -0.05) is 39.8 Å². The molecule has 7 nitrogen and oxygen atoms in total. The van der Waals surface area contributed by atoms with Gasteiger partial charge in [-0.25, -0.2) is 0 Å². The molecule has 0 spiro atoms. The highest BCUT2D eigenvalue weighted by Crippen LogP contribution is 2.09. The topological polar surface area (TPSA) is 85.3 Å². The van der Waals surface area contributed by atoms with Crippen molar-refractivity contribution in [3.63, 3.8) is 0 Å². The second-order valence-electron chi connectivity index (χ2n) is 5.90. The van der Waals surface area contributed by atoms with Gasteiger partial charge in [-0.2, -0.15) is 0 Å². The standard InChI is InChI=1S/C16H26BN3O4.2C2H6/c1-18-13-16(21)20-10-8-19(9-11-20)7-2-12-24-15-5-3-14(4-6-15)17(22)23;2*1-2/h3-6,18,22-23H,2,7-13H2,1H3;2*1-2H3. The maximum atomic E-state index is 11.8. The van der Waals surface area contributed by atoms with E-state index in [1.54, 1.807) is 31.3 Å². The minimum atomic E-state index is -1.45. The fraction of sp³-hybridized carbons (Fsp3) is 0.650. The Morgan fingerprint density at radius 3 is 2.14 bits per heavy atom. The van der Waals surface area contributed by atoms with Crippen LogP contribution in [0.3, 0.4) is 0 Å². The van der Waals surface area contributed by atoms with Gasteiger partial charge in [0.2, 0.25) is 5.91 Å². The van der Waals surface area contributed by atoms with E-state index in [-0.39, 0.29) is 5.91 Å². The number of amides is 1. The lowest BCUT2D eigenvalue weighted by Gasteiger charge is -2.34. The van der Waals surface area contributed by atoms with Crippen LogP contribution in [0.25, 0.3) is 0 Å². The molecule has 1 aliphatic rings. The highest BCUT2D eigenvalue weighted by atomic mass is 16.5. The van der Waals surface area contributed by atoms with Crippen LogP contribution in [0.4, 0.5) is 0 Å². The summed E-state index contributed by atoms with van der Waals surface area (Å²) in [6, 6.07) is 6.75. The van der Waals surface area contributed by atoms with Crippen LogP contribution in [0.2, 0.25) is 0 Å². The van der Waals surface area contributed by atoms with Crippen molar-refractivity contribution < 1.29 is 19.6 Å². The van der Waals surface area contributed by atoms with Crippen LogP contribution < -0.4 is 15.5 Å². The summed E-state index contributed by atoms with van der Waals surface area (Å²) >= 11 is 0. The van der Waals surface area contributed by atoms with Crippen LogP contribution >= 0.6 is 0 Å². The monoisotopic (exact) mass is 395 g/mol. The van der Waals surface area contributed by atoms with E-state index >= 15 is 0 Å². The molecule has 0 aliphatic carbocycles. The highest BCUT2D eigenvalue weighted by Gasteiger charge is 2.19. The normalized spacial score (nSPS) is 13.6. The molecule has 0 aromatic heterocycles. The molecular weight excluding hydrogens is 357 g/mol. The van der Waals surface area contributed by atoms with Gasteiger partial charge in [0.05, 0.1) is 13.2 Å². The predicted octanol–water partition coefficient (Wildman–Crippen LogP) is 0.551. The summed E-state index contributed by atoms with van der Waals surface area (Å²) in [5, 5.41) is 21.0. The molecule has 8 heteroatoms. The number of carbonyl (C=O) groups excluding carboxylic acids is 1. The van der Waals surface area contributed by atoms with Gasteiger partial charge in [0, 0.05) is 32.7 Å². The van der Waals surface area contributed by atoms with E-state index in [2.05, 4.69) is 10.2 Å². The second-order valence-corrected chi connectivity index (χ2v) is 5.90. The molecule has 0 saturated carbocycles. The molecular formula is C20H38BN3O4. The van der Waals surface area contributed by atoms with Crippen LogP contribution in [0.1, 0.15) is 34.1 Å². The number of ether oxygens (including phenoxy) is 1. The number of piperazine rings is 1. The maximum absolute atomic E-state index is 11.8. The zero-order valence-electron chi connectivity index (χ0n) is 18.1. The molecule has 1 heterocycles. The van der Waals surface area contributed by atoms with Gasteiger partial charge >= 0.3 is 7.12 Å². The van der Waals surface area contributed by atoms with E-state index in [1.807, 2.05) is 32.6 Å². The molecule has 0 unspecified atom stereocenters. The van der Waals surface area contributed by atoms with Crippen LogP contribution in [0, 0.1) is 0 Å². The van der Waals surface area contributed by atoms with Crippen molar-refractivity contribution in [2.75, 3.05) is 52.9 Å². The van der Waals surface area contributed by atoms with E-state index in [1.165, 1.54) is 0 Å². The average molecular weight is 395 g/mol. The summed E-state index contributed by atoms with van der Waals surface area (Å²) in [4.78, 5) is 16.0. The first-order valence-electron chi connectivity index (χ1n) is 10.3. The number of likely N-dealkylation sites (N-methyl/N-ethyl adjacent to an activating group) is 1. The maximum Gasteiger partial charge on any atom is 0.488 e. The van der Waals surface area contributed by atoms with Crippen LogP contribution in [-0.2, 0) is 4.79 Å². The number of nitrogens with one attached hydrogen (secondary N) is 1. The fourth-order valence-electron chi connectivity index (χ4n) is 2.70. The van der Waals surface area contributed by atoms with Gasteiger partial charge < -0.3 is 25.0 Å². The predicted molar refractivity (Wildman–Crippen MR) is 116 cm³/mol. The Bertz CT molecular complexity index is 507. The summed E-state index contributed by atoms with van der Waals surface area (Å²) in [5.74, 6) is 0.888.